The van der Waals surface area contributed by atoms with Crippen molar-refractivity contribution in [1.29, 1.82) is 0 Å². The number of urea groups is 1. The van der Waals surface area contributed by atoms with Crippen LogP contribution in [0.4, 0.5) is 9.80 Å². The highest BCUT2D eigenvalue weighted by Crippen LogP contribution is 2.27. The van der Waals surface area contributed by atoms with Crippen LogP contribution in [0.1, 0.15) is 15.2 Å². The number of morpholine rings is 1. The van der Waals surface area contributed by atoms with Crippen LogP contribution in [0.3, 0.4) is 0 Å². The Morgan fingerprint density at radius 3 is 2.72 bits per heavy atom. The summed E-state index contributed by atoms with van der Waals surface area (Å²) in [5.41, 5.74) is 0.138. The van der Waals surface area contributed by atoms with Gasteiger partial charge in [0.1, 0.15) is 5.00 Å². The molecular formula is C11H14N2O4S. The predicted molar refractivity (Wildman–Crippen MR) is 67.4 cm³/mol. The van der Waals surface area contributed by atoms with Gasteiger partial charge >= 0.3 is 12.0 Å². The van der Waals surface area contributed by atoms with Gasteiger partial charge < -0.3 is 14.7 Å². The number of aryl methyl sites for hydroxylation is 1. The summed E-state index contributed by atoms with van der Waals surface area (Å²) in [6.07, 6.45) is 0. The molecule has 18 heavy (non-hydrogen) atoms. The van der Waals surface area contributed by atoms with Gasteiger partial charge in [-0.1, -0.05) is 0 Å². The van der Waals surface area contributed by atoms with Crippen molar-refractivity contribution in [2.45, 2.75) is 6.92 Å². The number of hydrogen-bond donors (Lipinski definition) is 2. The summed E-state index contributed by atoms with van der Waals surface area (Å²) in [6, 6.07) is 1.28. The normalized spacial score (nSPS) is 15.5. The third-order valence-corrected chi connectivity index (χ3v) is 3.57. The minimum Gasteiger partial charge on any atom is -0.478 e. The van der Waals surface area contributed by atoms with Gasteiger partial charge in [0, 0.05) is 18.0 Å². The number of amides is 2. The molecule has 1 aromatic rings. The maximum atomic E-state index is 11.9. The molecule has 0 aliphatic carbocycles. The molecule has 0 spiro atoms. The molecule has 0 aromatic carbocycles. The second-order valence-electron chi connectivity index (χ2n) is 3.93. The number of carboxylic acids is 1. The SMILES string of the molecule is Cc1cc(C(=O)O)c(NC(=O)N2CCOCC2)s1. The van der Waals surface area contributed by atoms with Crippen molar-refractivity contribution >= 4 is 28.3 Å². The molecule has 1 saturated heterocycles. The second-order valence-corrected chi connectivity index (χ2v) is 5.19. The molecule has 0 radical (unpaired) electrons. The zero-order valence-electron chi connectivity index (χ0n) is 9.93. The molecule has 1 aromatic heterocycles. The minimum atomic E-state index is -1.03. The number of nitrogens with one attached hydrogen (secondary N) is 1. The molecule has 2 N–H and O–H groups in total. The standard InChI is InChI=1S/C11H14N2O4S/c1-7-6-8(10(14)15)9(18-7)12-11(16)13-2-4-17-5-3-13/h6H,2-5H2,1H3,(H,12,16)(H,14,15). The van der Waals surface area contributed by atoms with Gasteiger partial charge in [0.25, 0.3) is 0 Å². The number of carboxylic acid groups (broad SMARTS) is 1. The van der Waals surface area contributed by atoms with Crippen LogP contribution in [0.25, 0.3) is 0 Å². The Bertz CT molecular complexity index is 466. The van der Waals surface area contributed by atoms with Gasteiger partial charge in [-0.3, -0.25) is 5.32 Å². The molecule has 1 fully saturated rings. The molecule has 0 atom stereocenters. The van der Waals surface area contributed by atoms with E-state index in [1.54, 1.807) is 11.0 Å². The van der Waals surface area contributed by atoms with Crippen LogP contribution in [0, 0.1) is 6.92 Å². The van der Waals surface area contributed by atoms with E-state index in [-0.39, 0.29) is 11.6 Å². The first-order valence-corrected chi connectivity index (χ1v) is 6.37. The van der Waals surface area contributed by atoms with Gasteiger partial charge in [-0.2, -0.15) is 0 Å². The Balaban J connectivity index is 2.08. The Hall–Kier alpha value is -1.60. The average molecular weight is 270 g/mol. The summed E-state index contributed by atoms with van der Waals surface area (Å²) < 4.78 is 5.15. The van der Waals surface area contributed by atoms with Crippen molar-refractivity contribution in [3.63, 3.8) is 0 Å². The molecule has 6 nitrogen and oxygen atoms in total. The third kappa shape index (κ3) is 2.80. The lowest BCUT2D eigenvalue weighted by Gasteiger charge is -2.26. The summed E-state index contributed by atoms with van der Waals surface area (Å²) >= 11 is 1.26. The summed E-state index contributed by atoms with van der Waals surface area (Å²) in [5, 5.41) is 12.1. The lowest BCUT2D eigenvalue weighted by atomic mass is 10.3. The quantitative estimate of drug-likeness (QED) is 0.856. The number of thiophene rings is 1. The molecule has 2 amide bonds. The summed E-state index contributed by atoms with van der Waals surface area (Å²) in [7, 11) is 0. The largest absolute Gasteiger partial charge is 0.478 e. The Morgan fingerprint density at radius 1 is 1.44 bits per heavy atom. The van der Waals surface area contributed by atoms with Crippen LogP contribution >= 0.6 is 11.3 Å². The van der Waals surface area contributed by atoms with E-state index < -0.39 is 5.97 Å². The Kier molecular flexibility index (Phi) is 3.83. The van der Waals surface area contributed by atoms with Crippen molar-refractivity contribution < 1.29 is 19.4 Å². The van der Waals surface area contributed by atoms with Crippen molar-refractivity contribution in [1.82, 2.24) is 4.90 Å². The van der Waals surface area contributed by atoms with Crippen molar-refractivity contribution in [2.75, 3.05) is 31.6 Å². The fraction of sp³-hybridized carbons (Fsp3) is 0.455. The first-order valence-electron chi connectivity index (χ1n) is 5.55. The molecule has 2 heterocycles. The van der Waals surface area contributed by atoms with E-state index in [1.165, 1.54) is 11.3 Å². The summed E-state index contributed by atoms with van der Waals surface area (Å²) in [6.45, 7) is 3.89. The molecule has 1 aliphatic rings. The maximum absolute atomic E-state index is 11.9. The van der Waals surface area contributed by atoms with Gasteiger partial charge in [-0.25, -0.2) is 9.59 Å². The third-order valence-electron chi connectivity index (χ3n) is 2.60. The molecule has 0 bridgehead atoms. The minimum absolute atomic E-state index is 0.138. The molecule has 2 rings (SSSR count). The van der Waals surface area contributed by atoms with Gasteiger partial charge in [0.2, 0.25) is 0 Å². The van der Waals surface area contributed by atoms with Gasteiger partial charge in [0.15, 0.2) is 0 Å². The lowest BCUT2D eigenvalue weighted by molar-refractivity contribution is 0.0564. The number of nitrogens with zero attached hydrogens (tertiary/aromatic N) is 1. The highest BCUT2D eigenvalue weighted by Gasteiger charge is 2.20. The lowest BCUT2D eigenvalue weighted by Crippen LogP contribution is -2.43. The number of ether oxygens (including phenoxy) is 1. The summed E-state index contributed by atoms with van der Waals surface area (Å²) in [4.78, 5) is 25.4. The maximum Gasteiger partial charge on any atom is 0.338 e. The number of carbonyl (C=O) groups is 2. The number of aromatic carboxylic acids is 1. The van der Waals surface area contributed by atoms with Gasteiger partial charge in [0.05, 0.1) is 18.8 Å². The molecule has 98 valence electrons. The smallest absolute Gasteiger partial charge is 0.338 e. The van der Waals surface area contributed by atoms with E-state index in [1.807, 2.05) is 6.92 Å². The summed E-state index contributed by atoms with van der Waals surface area (Å²) in [5.74, 6) is -1.03. The monoisotopic (exact) mass is 270 g/mol. The van der Waals surface area contributed by atoms with Crippen LogP contribution in [0.2, 0.25) is 0 Å². The van der Waals surface area contributed by atoms with Crippen molar-refractivity contribution in [3.05, 3.63) is 16.5 Å². The molecule has 0 saturated carbocycles. The fourth-order valence-electron chi connectivity index (χ4n) is 1.71. The first-order chi connectivity index (χ1) is 8.58. The van der Waals surface area contributed by atoms with Crippen LogP contribution < -0.4 is 5.32 Å². The molecule has 7 heteroatoms. The second kappa shape index (κ2) is 5.36. The Labute approximate surface area is 108 Å². The van der Waals surface area contributed by atoms with Crippen molar-refractivity contribution in [3.8, 4) is 0 Å². The topological polar surface area (TPSA) is 78.9 Å². The zero-order chi connectivity index (χ0) is 13.1. The van der Waals surface area contributed by atoms with Crippen molar-refractivity contribution in [2.24, 2.45) is 0 Å². The average Bonchev–Trinajstić information content (AvgIpc) is 2.71. The van der Waals surface area contributed by atoms with E-state index in [2.05, 4.69) is 5.32 Å². The number of anilines is 1. The Morgan fingerprint density at radius 2 is 2.11 bits per heavy atom. The molecule has 1 aliphatic heterocycles. The van der Waals surface area contributed by atoms with Crippen LogP contribution in [0.5, 0.6) is 0 Å². The van der Waals surface area contributed by atoms with Gasteiger partial charge in [-0.05, 0) is 13.0 Å². The van der Waals surface area contributed by atoms with E-state index in [4.69, 9.17) is 9.84 Å². The van der Waals surface area contributed by atoms with Crippen LogP contribution in [-0.4, -0.2) is 48.3 Å². The highest BCUT2D eigenvalue weighted by molar-refractivity contribution is 7.16. The first kappa shape index (κ1) is 12.8. The van der Waals surface area contributed by atoms with E-state index >= 15 is 0 Å². The van der Waals surface area contributed by atoms with Crippen LogP contribution in [0.15, 0.2) is 6.07 Å². The number of hydrogen-bond acceptors (Lipinski definition) is 4. The highest BCUT2D eigenvalue weighted by atomic mass is 32.1. The van der Waals surface area contributed by atoms with E-state index in [0.717, 1.165) is 4.88 Å². The van der Waals surface area contributed by atoms with E-state index in [9.17, 15) is 9.59 Å². The number of rotatable bonds is 2. The van der Waals surface area contributed by atoms with Crippen LogP contribution in [-0.2, 0) is 4.74 Å². The number of carbonyl (C=O) groups excluding carboxylic acids is 1. The molecule has 0 unspecified atom stereocenters. The molecular weight excluding hydrogens is 256 g/mol. The van der Waals surface area contributed by atoms with Gasteiger partial charge in [-0.15, -0.1) is 11.3 Å². The van der Waals surface area contributed by atoms with E-state index in [0.29, 0.717) is 31.3 Å². The predicted octanol–water partition coefficient (Wildman–Crippen LogP) is 1.62. The fourth-order valence-corrected chi connectivity index (χ4v) is 2.60. The zero-order valence-corrected chi connectivity index (χ0v) is 10.7.